The lowest BCUT2D eigenvalue weighted by molar-refractivity contribution is 0.0450. The molecule has 2 rings (SSSR count). The van der Waals surface area contributed by atoms with Crippen LogP contribution in [0.3, 0.4) is 0 Å². The van der Waals surface area contributed by atoms with Gasteiger partial charge in [0.25, 0.3) is 0 Å². The highest BCUT2D eigenvalue weighted by atomic mass is 32.2. The fraction of sp³-hybridized carbons (Fsp3) is 0.333. The van der Waals surface area contributed by atoms with Crippen LogP contribution in [0.4, 0.5) is 0 Å². The van der Waals surface area contributed by atoms with E-state index in [0.29, 0.717) is 11.3 Å². The minimum atomic E-state index is -3.46. The summed E-state index contributed by atoms with van der Waals surface area (Å²) in [5.41, 5.74) is 0.371. The number of sulfonamides is 1. The molecule has 0 spiro atoms. The highest BCUT2D eigenvalue weighted by Gasteiger charge is 2.16. The number of aromatic nitrogens is 2. The first-order valence-electron chi connectivity index (χ1n) is 7.12. The lowest BCUT2D eigenvalue weighted by Gasteiger charge is -2.12. The zero-order chi connectivity index (χ0) is 17.7. The molecule has 8 nitrogen and oxygen atoms in total. The van der Waals surface area contributed by atoms with E-state index in [9.17, 15) is 13.2 Å². The molecule has 2 aromatic rings. The van der Waals surface area contributed by atoms with Crippen LogP contribution in [0.5, 0.6) is 5.75 Å². The summed E-state index contributed by atoms with van der Waals surface area (Å²) in [6, 6.07) is 6.04. The maximum absolute atomic E-state index is 11.9. The number of benzene rings is 1. The van der Waals surface area contributed by atoms with Gasteiger partial charge >= 0.3 is 5.97 Å². The van der Waals surface area contributed by atoms with Gasteiger partial charge in [-0.15, -0.1) is 0 Å². The van der Waals surface area contributed by atoms with Gasteiger partial charge in [-0.25, -0.2) is 17.5 Å². The molecule has 0 saturated heterocycles. The van der Waals surface area contributed by atoms with E-state index in [0.717, 1.165) is 4.31 Å². The van der Waals surface area contributed by atoms with Crippen molar-refractivity contribution in [2.45, 2.75) is 4.90 Å². The molecule has 24 heavy (non-hydrogen) atoms. The molecule has 130 valence electrons. The molecule has 1 aromatic heterocycles. The molecule has 0 N–H and O–H groups in total. The van der Waals surface area contributed by atoms with Crippen LogP contribution >= 0.6 is 0 Å². The standard InChI is InChI=1S/C15H19N3O5S/c1-17(2)24(20,21)14-6-4-13(5-7-14)22-8-9-23-15(19)12-10-16-18(3)11-12/h4-7,10-11H,8-9H2,1-3H3. The van der Waals surface area contributed by atoms with Crippen molar-refractivity contribution in [1.82, 2.24) is 14.1 Å². The van der Waals surface area contributed by atoms with E-state index in [1.165, 1.54) is 37.1 Å². The maximum Gasteiger partial charge on any atom is 0.341 e. The summed E-state index contributed by atoms with van der Waals surface area (Å²) < 4.78 is 37.0. The van der Waals surface area contributed by atoms with Crippen LogP contribution in [-0.2, 0) is 21.8 Å². The van der Waals surface area contributed by atoms with Gasteiger partial charge in [-0.2, -0.15) is 5.10 Å². The van der Waals surface area contributed by atoms with Crippen LogP contribution in [0, 0.1) is 0 Å². The zero-order valence-electron chi connectivity index (χ0n) is 13.7. The van der Waals surface area contributed by atoms with Gasteiger partial charge in [0.05, 0.1) is 16.7 Å². The van der Waals surface area contributed by atoms with E-state index in [2.05, 4.69) is 5.10 Å². The Morgan fingerprint density at radius 1 is 1.21 bits per heavy atom. The summed E-state index contributed by atoms with van der Waals surface area (Å²) in [6.07, 6.45) is 2.99. The van der Waals surface area contributed by atoms with Gasteiger partial charge in [0.1, 0.15) is 19.0 Å². The van der Waals surface area contributed by atoms with Crippen molar-refractivity contribution < 1.29 is 22.7 Å². The Kier molecular flexibility index (Phi) is 5.58. The molecule has 1 heterocycles. The third-order valence-electron chi connectivity index (χ3n) is 3.13. The monoisotopic (exact) mass is 353 g/mol. The number of carbonyl (C=O) groups is 1. The minimum Gasteiger partial charge on any atom is -0.490 e. The lowest BCUT2D eigenvalue weighted by atomic mass is 10.3. The topological polar surface area (TPSA) is 90.7 Å². The molecule has 0 radical (unpaired) electrons. The van der Waals surface area contributed by atoms with Crippen LogP contribution in [-0.4, -0.2) is 55.8 Å². The molecule has 0 bridgehead atoms. The first-order chi connectivity index (χ1) is 11.3. The number of hydrogen-bond donors (Lipinski definition) is 0. The SMILES string of the molecule is CN(C)S(=O)(=O)c1ccc(OCCOC(=O)c2cnn(C)c2)cc1. The Labute approximate surface area is 140 Å². The molecular weight excluding hydrogens is 334 g/mol. The fourth-order valence-corrected chi connectivity index (χ4v) is 2.72. The van der Waals surface area contributed by atoms with E-state index >= 15 is 0 Å². The minimum absolute atomic E-state index is 0.0749. The summed E-state index contributed by atoms with van der Waals surface area (Å²) >= 11 is 0. The third-order valence-corrected chi connectivity index (χ3v) is 4.96. The number of carbonyl (C=O) groups excluding carboxylic acids is 1. The second-order valence-corrected chi connectivity index (χ2v) is 7.30. The molecule has 9 heteroatoms. The summed E-state index contributed by atoms with van der Waals surface area (Å²) in [4.78, 5) is 11.9. The maximum atomic E-state index is 11.9. The summed E-state index contributed by atoms with van der Waals surface area (Å²) in [5, 5.41) is 3.89. The Morgan fingerprint density at radius 2 is 1.88 bits per heavy atom. The summed E-state index contributed by atoms with van der Waals surface area (Å²) in [6.45, 7) is 0.233. The van der Waals surface area contributed by atoms with Gasteiger partial charge in [0.15, 0.2) is 0 Å². The molecule has 0 amide bonds. The molecular formula is C15H19N3O5S. The third kappa shape index (κ3) is 4.33. The molecule has 1 aromatic carbocycles. The van der Waals surface area contributed by atoms with E-state index in [1.807, 2.05) is 0 Å². The first-order valence-corrected chi connectivity index (χ1v) is 8.56. The van der Waals surface area contributed by atoms with E-state index in [1.54, 1.807) is 25.4 Å². The summed E-state index contributed by atoms with van der Waals surface area (Å²) in [5.74, 6) is 0.0178. The van der Waals surface area contributed by atoms with Crippen molar-refractivity contribution in [3.8, 4) is 5.75 Å². The number of rotatable bonds is 7. The van der Waals surface area contributed by atoms with Crippen LogP contribution in [0.25, 0.3) is 0 Å². The number of ether oxygens (including phenoxy) is 2. The van der Waals surface area contributed by atoms with Gasteiger partial charge < -0.3 is 9.47 Å². The number of aryl methyl sites for hydroxylation is 1. The Hall–Kier alpha value is -2.39. The largest absolute Gasteiger partial charge is 0.490 e. The number of esters is 1. The van der Waals surface area contributed by atoms with Crippen molar-refractivity contribution in [2.75, 3.05) is 27.3 Å². The smallest absolute Gasteiger partial charge is 0.341 e. The molecule has 0 aliphatic rings. The van der Waals surface area contributed by atoms with Crippen LogP contribution < -0.4 is 4.74 Å². The predicted octanol–water partition coefficient (Wildman–Crippen LogP) is 0.906. The molecule has 0 atom stereocenters. The van der Waals surface area contributed by atoms with Crippen molar-refractivity contribution in [3.63, 3.8) is 0 Å². The zero-order valence-corrected chi connectivity index (χ0v) is 14.5. The van der Waals surface area contributed by atoms with Crippen molar-refractivity contribution in [2.24, 2.45) is 7.05 Å². The normalized spacial score (nSPS) is 11.5. The lowest BCUT2D eigenvalue weighted by Crippen LogP contribution is -2.22. The average Bonchev–Trinajstić information content (AvgIpc) is 2.98. The van der Waals surface area contributed by atoms with Crippen molar-refractivity contribution in [1.29, 1.82) is 0 Å². The van der Waals surface area contributed by atoms with E-state index in [-0.39, 0.29) is 18.1 Å². The van der Waals surface area contributed by atoms with Gasteiger partial charge in [0.2, 0.25) is 10.0 Å². The van der Waals surface area contributed by atoms with Crippen LogP contribution in [0.1, 0.15) is 10.4 Å². The van der Waals surface area contributed by atoms with Crippen LogP contribution in [0.2, 0.25) is 0 Å². The van der Waals surface area contributed by atoms with Gasteiger partial charge in [0, 0.05) is 27.3 Å². The molecule has 0 aliphatic heterocycles. The van der Waals surface area contributed by atoms with E-state index < -0.39 is 16.0 Å². The second kappa shape index (κ2) is 7.45. The summed E-state index contributed by atoms with van der Waals surface area (Å²) in [7, 11) is 1.19. The second-order valence-electron chi connectivity index (χ2n) is 5.15. The molecule has 0 fully saturated rings. The quantitative estimate of drug-likeness (QED) is 0.543. The molecule has 0 unspecified atom stereocenters. The number of hydrogen-bond acceptors (Lipinski definition) is 6. The van der Waals surface area contributed by atoms with Crippen LogP contribution in [0.15, 0.2) is 41.6 Å². The highest BCUT2D eigenvalue weighted by molar-refractivity contribution is 7.89. The van der Waals surface area contributed by atoms with Gasteiger partial charge in [-0.3, -0.25) is 4.68 Å². The van der Waals surface area contributed by atoms with Gasteiger partial charge in [-0.1, -0.05) is 0 Å². The van der Waals surface area contributed by atoms with Crippen molar-refractivity contribution in [3.05, 3.63) is 42.2 Å². The average molecular weight is 353 g/mol. The Morgan fingerprint density at radius 3 is 2.42 bits per heavy atom. The van der Waals surface area contributed by atoms with Gasteiger partial charge in [-0.05, 0) is 24.3 Å². The number of nitrogens with zero attached hydrogens (tertiary/aromatic N) is 3. The predicted molar refractivity (Wildman–Crippen MR) is 86.3 cm³/mol. The highest BCUT2D eigenvalue weighted by Crippen LogP contribution is 2.18. The van der Waals surface area contributed by atoms with Crippen molar-refractivity contribution >= 4 is 16.0 Å². The molecule has 0 aliphatic carbocycles. The molecule has 0 saturated carbocycles. The Bertz CT molecular complexity index is 797. The van der Waals surface area contributed by atoms with E-state index in [4.69, 9.17) is 9.47 Å². The fourth-order valence-electron chi connectivity index (χ4n) is 1.82. The first kappa shape index (κ1) is 18.0. The Balaban J connectivity index is 1.82.